The van der Waals surface area contributed by atoms with Crippen molar-refractivity contribution in [3.05, 3.63) is 0 Å². The third kappa shape index (κ3) is 5.43. The SMILES string of the molecule is COCCNC(C)=O. The summed E-state index contributed by atoms with van der Waals surface area (Å²) in [4.78, 5) is 10.2. The molecule has 0 bridgehead atoms. The van der Waals surface area contributed by atoms with Crippen LogP contribution in [0.1, 0.15) is 6.92 Å². The number of methoxy groups -OCH3 is 1. The molecule has 0 spiro atoms. The van der Waals surface area contributed by atoms with Crippen LogP contribution >= 0.6 is 0 Å². The highest BCUT2D eigenvalue weighted by Gasteiger charge is 1.85. The van der Waals surface area contributed by atoms with E-state index in [1.54, 1.807) is 7.11 Å². The summed E-state index contributed by atoms with van der Waals surface area (Å²) in [6, 6.07) is 0. The zero-order valence-electron chi connectivity index (χ0n) is 5.23. The lowest BCUT2D eigenvalue weighted by molar-refractivity contribution is -0.119. The summed E-state index contributed by atoms with van der Waals surface area (Å²) in [5, 5.41) is 2.58. The highest BCUT2D eigenvalue weighted by molar-refractivity contribution is 5.72. The van der Waals surface area contributed by atoms with Gasteiger partial charge in [-0.05, 0) is 0 Å². The Morgan fingerprint density at radius 1 is 1.75 bits per heavy atom. The Morgan fingerprint density at radius 2 is 2.38 bits per heavy atom. The smallest absolute Gasteiger partial charge is 0.216 e. The van der Waals surface area contributed by atoms with E-state index in [4.69, 9.17) is 0 Å². The van der Waals surface area contributed by atoms with Crippen LogP contribution in [0.3, 0.4) is 0 Å². The first kappa shape index (κ1) is 7.43. The molecule has 0 heterocycles. The van der Waals surface area contributed by atoms with Crippen LogP contribution in [0.5, 0.6) is 0 Å². The van der Waals surface area contributed by atoms with E-state index >= 15 is 0 Å². The lowest BCUT2D eigenvalue weighted by Gasteiger charge is -1.97. The van der Waals surface area contributed by atoms with E-state index in [0.717, 1.165) is 0 Å². The molecule has 0 rings (SSSR count). The predicted octanol–water partition coefficient (Wildman–Crippen LogP) is -0.231. The minimum absolute atomic E-state index is 0.0120. The summed E-state index contributed by atoms with van der Waals surface area (Å²) in [6.07, 6.45) is 0. The molecule has 8 heavy (non-hydrogen) atoms. The number of hydrogen-bond donors (Lipinski definition) is 1. The first-order chi connectivity index (χ1) is 3.77. The Kier molecular flexibility index (Phi) is 4.26. The molecular formula is C5H11NO2. The molecule has 0 aromatic carbocycles. The third-order valence-electron chi connectivity index (χ3n) is 0.680. The second-order valence-corrected chi connectivity index (χ2v) is 1.48. The van der Waals surface area contributed by atoms with Gasteiger partial charge in [-0.3, -0.25) is 4.79 Å². The minimum atomic E-state index is -0.0120. The second kappa shape index (κ2) is 4.59. The summed E-state index contributed by atoms with van der Waals surface area (Å²) >= 11 is 0. The number of carbonyl (C=O) groups excluding carboxylic acids is 1. The maximum absolute atomic E-state index is 10.2. The fraction of sp³-hybridized carbons (Fsp3) is 0.800. The molecule has 0 aliphatic rings. The van der Waals surface area contributed by atoms with Gasteiger partial charge in [0.1, 0.15) is 0 Å². The van der Waals surface area contributed by atoms with E-state index < -0.39 is 0 Å². The zero-order valence-corrected chi connectivity index (χ0v) is 5.23. The van der Waals surface area contributed by atoms with Crippen LogP contribution in [0.2, 0.25) is 0 Å². The lowest BCUT2D eigenvalue weighted by atomic mass is 10.6. The highest BCUT2D eigenvalue weighted by atomic mass is 16.5. The van der Waals surface area contributed by atoms with Crippen molar-refractivity contribution in [3.8, 4) is 0 Å². The number of hydrogen-bond acceptors (Lipinski definition) is 2. The van der Waals surface area contributed by atoms with Crippen LogP contribution in [0.25, 0.3) is 0 Å². The van der Waals surface area contributed by atoms with Crippen molar-refractivity contribution < 1.29 is 9.53 Å². The van der Waals surface area contributed by atoms with Gasteiger partial charge in [0.2, 0.25) is 5.91 Å². The molecule has 0 aliphatic heterocycles. The Bertz CT molecular complexity index is 72.8. The number of amides is 1. The highest BCUT2D eigenvalue weighted by Crippen LogP contribution is 1.63. The van der Waals surface area contributed by atoms with Gasteiger partial charge in [0.05, 0.1) is 6.61 Å². The average molecular weight is 117 g/mol. The molecule has 1 N–H and O–H groups in total. The standard InChI is InChI=1S/C5H11NO2/c1-5(7)6-3-4-8-2/h3-4H2,1-2H3,(H,6,7). The normalized spacial score (nSPS) is 8.75. The largest absolute Gasteiger partial charge is 0.383 e. The van der Waals surface area contributed by atoms with Crippen LogP contribution in [0.15, 0.2) is 0 Å². The van der Waals surface area contributed by atoms with E-state index in [-0.39, 0.29) is 5.91 Å². The van der Waals surface area contributed by atoms with Crippen molar-refractivity contribution in [2.45, 2.75) is 6.92 Å². The van der Waals surface area contributed by atoms with Crippen LogP contribution in [-0.2, 0) is 9.53 Å². The van der Waals surface area contributed by atoms with Gasteiger partial charge < -0.3 is 10.1 Å². The van der Waals surface area contributed by atoms with Gasteiger partial charge in [0.15, 0.2) is 0 Å². The van der Waals surface area contributed by atoms with Gasteiger partial charge >= 0.3 is 0 Å². The van der Waals surface area contributed by atoms with Crippen molar-refractivity contribution in [2.24, 2.45) is 0 Å². The molecule has 3 nitrogen and oxygen atoms in total. The zero-order chi connectivity index (χ0) is 6.41. The van der Waals surface area contributed by atoms with Crippen molar-refractivity contribution in [1.29, 1.82) is 0 Å². The fourth-order valence-corrected chi connectivity index (χ4v) is 0.329. The van der Waals surface area contributed by atoms with Crippen LogP contribution in [-0.4, -0.2) is 26.2 Å². The first-order valence-corrected chi connectivity index (χ1v) is 2.50. The maximum atomic E-state index is 10.2. The topological polar surface area (TPSA) is 38.3 Å². The van der Waals surface area contributed by atoms with Crippen molar-refractivity contribution in [1.82, 2.24) is 5.32 Å². The molecule has 0 aromatic heterocycles. The molecule has 0 saturated heterocycles. The van der Waals surface area contributed by atoms with Gasteiger partial charge in [-0.2, -0.15) is 0 Å². The number of carbonyl (C=O) groups is 1. The van der Waals surface area contributed by atoms with Crippen LogP contribution in [0.4, 0.5) is 0 Å². The molecule has 0 fully saturated rings. The lowest BCUT2D eigenvalue weighted by Crippen LogP contribution is -2.23. The average Bonchev–Trinajstić information content (AvgIpc) is 1.66. The van der Waals surface area contributed by atoms with Gasteiger partial charge in [0, 0.05) is 20.6 Å². The number of nitrogens with one attached hydrogen (secondary N) is 1. The molecule has 3 heteroatoms. The molecule has 48 valence electrons. The number of rotatable bonds is 3. The Morgan fingerprint density at radius 3 is 2.75 bits per heavy atom. The van der Waals surface area contributed by atoms with Gasteiger partial charge in [-0.25, -0.2) is 0 Å². The third-order valence-corrected chi connectivity index (χ3v) is 0.680. The molecule has 0 unspecified atom stereocenters. The van der Waals surface area contributed by atoms with E-state index in [0.29, 0.717) is 13.2 Å². The molecule has 0 aliphatic carbocycles. The van der Waals surface area contributed by atoms with Gasteiger partial charge in [-0.1, -0.05) is 0 Å². The molecule has 0 saturated carbocycles. The molecule has 0 aromatic rings. The monoisotopic (exact) mass is 117 g/mol. The summed E-state index contributed by atoms with van der Waals surface area (Å²) in [6.45, 7) is 2.67. The van der Waals surface area contributed by atoms with Crippen molar-refractivity contribution in [3.63, 3.8) is 0 Å². The van der Waals surface area contributed by atoms with E-state index in [1.807, 2.05) is 0 Å². The van der Waals surface area contributed by atoms with E-state index in [2.05, 4.69) is 10.1 Å². The van der Waals surface area contributed by atoms with Crippen LogP contribution in [0, 0.1) is 0 Å². The minimum Gasteiger partial charge on any atom is -0.383 e. The quantitative estimate of drug-likeness (QED) is 0.518. The Labute approximate surface area is 49.0 Å². The van der Waals surface area contributed by atoms with Crippen LogP contribution < -0.4 is 5.32 Å². The molecule has 1 amide bonds. The predicted molar refractivity (Wildman–Crippen MR) is 30.6 cm³/mol. The first-order valence-electron chi connectivity index (χ1n) is 2.50. The number of ether oxygens (including phenoxy) is 1. The molecular weight excluding hydrogens is 106 g/mol. The van der Waals surface area contributed by atoms with Gasteiger partial charge in [0.25, 0.3) is 0 Å². The second-order valence-electron chi connectivity index (χ2n) is 1.48. The Balaban J connectivity index is 2.82. The van der Waals surface area contributed by atoms with Crippen molar-refractivity contribution in [2.75, 3.05) is 20.3 Å². The van der Waals surface area contributed by atoms with E-state index in [1.165, 1.54) is 6.92 Å². The summed E-state index contributed by atoms with van der Waals surface area (Å²) in [5.74, 6) is -0.0120. The van der Waals surface area contributed by atoms with Crippen molar-refractivity contribution >= 4 is 5.91 Å². The molecule has 0 atom stereocenters. The molecule has 0 radical (unpaired) electrons. The summed E-state index contributed by atoms with van der Waals surface area (Å²) in [5.41, 5.74) is 0. The summed E-state index contributed by atoms with van der Waals surface area (Å²) in [7, 11) is 1.60. The van der Waals surface area contributed by atoms with Gasteiger partial charge in [-0.15, -0.1) is 0 Å². The maximum Gasteiger partial charge on any atom is 0.216 e. The summed E-state index contributed by atoms with van der Waals surface area (Å²) < 4.78 is 4.68. The Hall–Kier alpha value is -0.570. The van der Waals surface area contributed by atoms with E-state index in [9.17, 15) is 4.79 Å². The fourth-order valence-electron chi connectivity index (χ4n) is 0.329.